The van der Waals surface area contributed by atoms with Gasteiger partial charge in [0.05, 0.1) is 29.7 Å². The number of hydrogen-bond acceptors (Lipinski definition) is 7. The van der Waals surface area contributed by atoms with Gasteiger partial charge in [-0.05, 0) is 56.6 Å². The zero-order valence-electron chi connectivity index (χ0n) is 19.2. The van der Waals surface area contributed by atoms with E-state index in [-0.39, 0.29) is 18.4 Å². The Labute approximate surface area is 203 Å². The minimum Gasteiger partial charge on any atom is -0.462 e. The number of esters is 1. The highest BCUT2D eigenvalue weighted by Crippen LogP contribution is 2.50. The number of nitrogens with zero attached hydrogens (tertiary/aromatic N) is 2. The molecule has 1 atom stereocenters. The molecule has 0 saturated carbocycles. The summed E-state index contributed by atoms with van der Waals surface area (Å²) >= 11 is 1.55. The molecule has 2 aromatic rings. The number of rotatable bonds is 4. The second-order valence-electron chi connectivity index (χ2n) is 8.84. The molecule has 0 radical (unpaired) electrons. The van der Waals surface area contributed by atoms with Gasteiger partial charge in [0, 0.05) is 22.6 Å². The van der Waals surface area contributed by atoms with Crippen LogP contribution in [0, 0.1) is 11.3 Å². The Kier molecular flexibility index (Phi) is 6.01. The fourth-order valence-electron chi connectivity index (χ4n) is 5.42. The van der Waals surface area contributed by atoms with Crippen LogP contribution in [-0.2, 0) is 22.4 Å². The molecule has 6 nitrogen and oxygen atoms in total. The van der Waals surface area contributed by atoms with Gasteiger partial charge in [0.15, 0.2) is 5.78 Å². The molecule has 3 aliphatic rings. The molecule has 1 aromatic carbocycles. The minimum atomic E-state index is -0.495. The van der Waals surface area contributed by atoms with Crippen molar-refractivity contribution in [3.8, 4) is 6.07 Å². The number of ketones is 1. The Balaban J connectivity index is 1.76. The van der Waals surface area contributed by atoms with E-state index in [0.717, 1.165) is 42.5 Å². The lowest BCUT2D eigenvalue weighted by atomic mass is 9.75. The molecule has 5 rings (SSSR count). The van der Waals surface area contributed by atoms with Crippen LogP contribution < -0.4 is 10.6 Å². The maximum absolute atomic E-state index is 13.3. The second-order valence-corrected chi connectivity index (χ2v) is 9.92. The lowest BCUT2D eigenvalue weighted by Crippen LogP contribution is -2.39. The van der Waals surface area contributed by atoms with Crippen molar-refractivity contribution in [3.05, 3.63) is 74.6 Å². The number of ether oxygens (including phenoxy) is 1. The van der Waals surface area contributed by atoms with Gasteiger partial charge in [-0.2, -0.15) is 5.26 Å². The average Bonchev–Trinajstić information content (AvgIpc) is 3.23. The molecule has 0 saturated heterocycles. The first-order valence-corrected chi connectivity index (χ1v) is 12.7. The summed E-state index contributed by atoms with van der Waals surface area (Å²) in [4.78, 5) is 29.5. The summed E-state index contributed by atoms with van der Waals surface area (Å²) in [6.07, 6.45) is 5.64. The number of hydrogen-bond donors (Lipinski definition) is 1. The van der Waals surface area contributed by atoms with Gasteiger partial charge in [-0.1, -0.05) is 30.3 Å². The quantitative estimate of drug-likeness (QED) is 0.620. The van der Waals surface area contributed by atoms with Crippen molar-refractivity contribution in [3.63, 3.8) is 0 Å². The summed E-state index contributed by atoms with van der Waals surface area (Å²) < 4.78 is 5.46. The molecule has 34 heavy (non-hydrogen) atoms. The normalized spacial score (nSPS) is 20.1. The van der Waals surface area contributed by atoms with E-state index >= 15 is 0 Å². The van der Waals surface area contributed by atoms with Crippen LogP contribution in [0.25, 0.3) is 0 Å². The van der Waals surface area contributed by atoms with E-state index in [1.54, 1.807) is 18.3 Å². The van der Waals surface area contributed by atoms with Crippen LogP contribution in [-0.4, -0.2) is 18.4 Å². The first-order chi connectivity index (χ1) is 16.6. The third-order valence-electron chi connectivity index (χ3n) is 6.88. The van der Waals surface area contributed by atoms with E-state index in [0.29, 0.717) is 46.8 Å². The van der Waals surface area contributed by atoms with Crippen LogP contribution in [0.2, 0.25) is 0 Å². The number of Topliss-reactive ketones (excluding diaryl/α,β-unsaturated/α-hetero) is 1. The Hall–Kier alpha value is -3.37. The smallest absolute Gasteiger partial charge is 0.341 e. The van der Waals surface area contributed by atoms with Gasteiger partial charge in [-0.15, -0.1) is 11.3 Å². The van der Waals surface area contributed by atoms with E-state index < -0.39 is 5.92 Å². The number of carbonyl (C=O) groups excluding carboxylic acids is 2. The Morgan fingerprint density at radius 2 is 1.94 bits per heavy atom. The molecule has 0 amide bonds. The number of thiophene rings is 1. The molecule has 0 bridgehead atoms. The summed E-state index contributed by atoms with van der Waals surface area (Å²) in [6, 6.07) is 11.9. The van der Waals surface area contributed by atoms with Crippen molar-refractivity contribution in [2.45, 2.75) is 57.8 Å². The largest absolute Gasteiger partial charge is 0.462 e. The number of fused-ring (bicyclic) bond motifs is 1. The first kappa shape index (κ1) is 22.4. The third-order valence-corrected chi connectivity index (χ3v) is 8.16. The molecule has 1 aliphatic heterocycles. The minimum absolute atomic E-state index is 0.0411. The summed E-state index contributed by atoms with van der Waals surface area (Å²) in [5.74, 6) is -0.517. The standard InChI is InChI=1S/C27H27N3O3S/c1-2-33-27(32)23-17-11-6-7-14-21(17)34-26(23)30-19-12-8-13-20(31)24(19)22(18(15-28)25(30)29)16-9-4-3-5-10-16/h3-5,9-10,22H,2,6-8,11-14,29H2,1H3/t22-/m0/s1. The summed E-state index contributed by atoms with van der Waals surface area (Å²) in [5, 5.41) is 10.9. The molecule has 2 aliphatic carbocycles. The van der Waals surface area contributed by atoms with Crippen LogP contribution in [0.1, 0.15) is 71.3 Å². The van der Waals surface area contributed by atoms with Crippen molar-refractivity contribution in [1.82, 2.24) is 0 Å². The highest BCUT2D eigenvalue weighted by molar-refractivity contribution is 7.16. The molecule has 7 heteroatoms. The van der Waals surface area contributed by atoms with Gasteiger partial charge >= 0.3 is 5.97 Å². The Bertz CT molecular complexity index is 1270. The number of nitriles is 1. The third kappa shape index (κ3) is 3.54. The molecule has 0 spiro atoms. The Morgan fingerprint density at radius 1 is 1.18 bits per heavy atom. The molecule has 1 aromatic heterocycles. The highest BCUT2D eigenvalue weighted by atomic mass is 32.1. The Morgan fingerprint density at radius 3 is 2.68 bits per heavy atom. The SMILES string of the molecule is CCOC(=O)c1c(N2C(N)=C(C#N)[C@H](c3ccccc3)C3=C2CCCC3=O)sc2c1CCCC2. The molecule has 0 fully saturated rings. The van der Waals surface area contributed by atoms with Crippen molar-refractivity contribution >= 4 is 28.1 Å². The van der Waals surface area contributed by atoms with E-state index in [9.17, 15) is 14.9 Å². The fraction of sp³-hybridized carbons (Fsp3) is 0.370. The predicted octanol–water partition coefficient (Wildman–Crippen LogP) is 5.11. The molecule has 2 N–H and O–H groups in total. The topological polar surface area (TPSA) is 96.4 Å². The summed E-state index contributed by atoms with van der Waals surface area (Å²) in [6.45, 7) is 2.07. The number of benzene rings is 1. The van der Waals surface area contributed by atoms with E-state index in [4.69, 9.17) is 10.5 Å². The summed E-state index contributed by atoms with van der Waals surface area (Å²) in [7, 11) is 0. The predicted molar refractivity (Wildman–Crippen MR) is 131 cm³/mol. The lowest BCUT2D eigenvalue weighted by Gasteiger charge is -2.39. The zero-order valence-corrected chi connectivity index (χ0v) is 20.0. The van der Waals surface area contributed by atoms with Crippen LogP contribution in [0.5, 0.6) is 0 Å². The van der Waals surface area contributed by atoms with E-state index in [2.05, 4.69) is 6.07 Å². The molecule has 0 unspecified atom stereocenters. The number of anilines is 1. The molecular formula is C27H27N3O3S. The van der Waals surface area contributed by atoms with Crippen LogP contribution in [0.15, 0.2) is 53.0 Å². The van der Waals surface area contributed by atoms with Gasteiger partial charge in [0.1, 0.15) is 10.8 Å². The first-order valence-electron chi connectivity index (χ1n) is 11.9. The highest BCUT2D eigenvalue weighted by Gasteiger charge is 2.42. The van der Waals surface area contributed by atoms with Gasteiger partial charge in [-0.25, -0.2) is 4.79 Å². The summed E-state index contributed by atoms with van der Waals surface area (Å²) in [5.41, 5.74) is 11.0. The van der Waals surface area contributed by atoms with Crippen LogP contribution >= 0.6 is 11.3 Å². The number of aryl methyl sites for hydroxylation is 1. The zero-order chi connectivity index (χ0) is 23.8. The van der Waals surface area contributed by atoms with Gasteiger partial charge < -0.3 is 10.5 Å². The van der Waals surface area contributed by atoms with Gasteiger partial charge in [0.25, 0.3) is 0 Å². The van der Waals surface area contributed by atoms with E-state index in [1.165, 1.54) is 4.88 Å². The van der Waals surface area contributed by atoms with Crippen molar-refractivity contribution in [1.29, 1.82) is 5.26 Å². The molecular weight excluding hydrogens is 446 g/mol. The van der Waals surface area contributed by atoms with Gasteiger partial charge in [0.2, 0.25) is 0 Å². The molecule has 2 heterocycles. The average molecular weight is 474 g/mol. The van der Waals surface area contributed by atoms with Crippen LogP contribution in [0.3, 0.4) is 0 Å². The maximum Gasteiger partial charge on any atom is 0.341 e. The van der Waals surface area contributed by atoms with Crippen LogP contribution in [0.4, 0.5) is 5.00 Å². The van der Waals surface area contributed by atoms with Crippen molar-refractivity contribution in [2.24, 2.45) is 5.73 Å². The second kappa shape index (κ2) is 9.11. The van der Waals surface area contributed by atoms with E-state index in [1.807, 2.05) is 35.2 Å². The number of allylic oxidation sites excluding steroid dienone is 3. The van der Waals surface area contributed by atoms with Crippen molar-refractivity contribution < 1.29 is 14.3 Å². The lowest BCUT2D eigenvalue weighted by molar-refractivity contribution is -0.116. The maximum atomic E-state index is 13.3. The molecule has 174 valence electrons. The number of nitrogens with two attached hydrogens (primary N) is 1. The number of carbonyl (C=O) groups is 2. The fourth-order valence-corrected chi connectivity index (χ4v) is 6.84. The van der Waals surface area contributed by atoms with Crippen molar-refractivity contribution in [2.75, 3.05) is 11.5 Å². The van der Waals surface area contributed by atoms with Gasteiger partial charge in [-0.3, -0.25) is 9.69 Å². The monoisotopic (exact) mass is 473 g/mol.